The van der Waals surface area contributed by atoms with Crippen molar-refractivity contribution in [2.75, 3.05) is 13.4 Å². The van der Waals surface area contributed by atoms with Crippen molar-refractivity contribution in [3.05, 3.63) is 23.8 Å². The lowest BCUT2D eigenvalue weighted by molar-refractivity contribution is -0.155. The number of carbonyl (C=O) groups excluding carboxylic acids is 3. The van der Waals surface area contributed by atoms with Crippen LogP contribution in [-0.2, 0) is 19.1 Å². The van der Waals surface area contributed by atoms with Crippen molar-refractivity contribution in [2.24, 2.45) is 5.92 Å². The molecule has 2 atom stereocenters. The summed E-state index contributed by atoms with van der Waals surface area (Å²) in [5.41, 5.74) is 0.633. The summed E-state index contributed by atoms with van der Waals surface area (Å²) in [6, 6.07) is 5.12. The SMILES string of the molecule is CCOC(=O)C1C(=O)NC(=O)CC1c1ccc2cc1OCO2. The van der Waals surface area contributed by atoms with E-state index in [-0.39, 0.29) is 19.8 Å². The largest absolute Gasteiger partial charge is 0.465 e. The van der Waals surface area contributed by atoms with Crippen LogP contribution in [0.4, 0.5) is 0 Å². The summed E-state index contributed by atoms with van der Waals surface area (Å²) in [6.45, 7) is 1.89. The highest BCUT2D eigenvalue weighted by Gasteiger charge is 2.44. The average molecular weight is 305 g/mol. The predicted octanol–water partition coefficient (Wildman–Crippen LogP) is 0.725. The average Bonchev–Trinajstić information content (AvgIpc) is 2.47. The quantitative estimate of drug-likeness (QED) is 0.503. The van der Waals surface area contributed by atoms with Crippen molar-refractivity contribution in [2.45, 2.75) is 19.3 Å². The number of ether oxygens (including phenoxy) is 3. The number of fused-ring (bicyclic) bond motifs is 2. The third-order valence-electron chi connectivity index (χ3n) is 3.72. The van der Waals surface area contributed by atoms with E-state index in [0.29, 0.717) is 17.1 Å². The summed E-state index contributed by atoms with van der Waals surface area (Å²) in [7, 11) is 0. The lowest BCUT2D eigenvalue weighted by Crippen LogP contribution is -2.48. The summed E-state index contributed by atoms with van der Waals surface area (Å²) in [5, 5.41) is 2.19. The van der Waals surface area contributed by atoms with Crippen LogP contribution in [0.25, 0.3) is 0 Å². The molecule has 1 fully saturated rings. The first kappa shape index (κ1) is 14.4. The Morgan fingerprint density at radius 3 is 2.95 bits per heavy atom. The molecule has 7 nitrogen and oxygen atoms in total. The first-order valence-electron chi connectivity index (χ1n) is 7.00. The van der Waals surface area contributed by atoms with Gasteiger partial charge in [0.05, 0.1) is 6.61 Å². The fourth-order valence-electron chi connectivity index (χ4n) is 2.76. The monoisotopic (exact) mass is 305 g/mol. The number of amides is 2. The fourth-order valence-corrected chi connectivity index (χ4v) is 2.76. The molecule has 0 spiro atoms. The van der Waals surface area contributed by atoms with Crippen LogP contribution in [0.1, 0.15) is 24.8 Å². The zero-order chi connectivity index (χ0) is 15.7. The van der Waals surface area contributed by atoms with Gasteiger partial charge in [0.1, 0.15) is 17.4 Å². The highest BCUT2D eigenvalue weighted by atomic mass is 16.7. The van der Waals surface area contributed by atoms with Gasteiger partial charge in [-0.2, -0.15) is 0 Å². The maximum Gasteiger partial charge on any atom is 0.319 e. The summed E-state index contributed by atoms with van der Waals surface area (Å²) >= 11 is 0. The molecule has 116 valence electrons. The molecule has 2 bridgehead atoms. The molecule has 3 rings (SSSR count). The number of carbonyl (C=O) groups is 3. The first-order valence-corrected chi connectivity index (χ1v) is 7.00. The fraction of sp³-hybridized carbons (Fsp3) is 0.400. The van der Waals surface area contributed by atoms with E-state index in [1.165, 1.54) is 0 Å². The van der Waals surface area contributed by atoms with Gasteiger partial charge in [-0.3, -0.25) is 19.7 Å². The van der Waals surface area contributed by atoms with Crippen LogP contribution >= 0.6 is 0 Å². The Morgan fingerprint density at radius 2 is 2.18 bits per heavy atom. The van der Waals surface area contributed by atoms with E-state index in [0.717, 1.165) is 0 Å². The molecule has 22 heavy (non-hydrogen) atoms. The molecule has 1 aromatic rings. The second-order valence-corrected chi connectivity index (χ2v) is 5.06. The van der Waals surface area contributed by atoms with Crippen LogP contribution in [0, 0.1) is 5.92 Å². The molecule has 2 aliphatic rings. The van der Waals surface area contributed by atoms with Gasteiger partial charge in [-0.25, -0.2) is 0 Å². The van der Waals surface area contributed by atoms with Crippen LogP contribution in [0.5, 0.6) is 11.5 Å². The maximum atomic E-state index is 12.1. The number of piperidine rings is 1. The molecule has 0 saturated carbocycles. The Hall–Kier alpha value is -2.57. The third kappa shape index (κ3) is 2.49. The number of benzene rings is 1. The van der Waals surface area contributed by atoms with Gasteiger partial charge in [0.25, 0.3) is 0 Å². The first-order chi connectivity index (χ1) is 10.6. The van der Waals surface area contributed by atoms with Crippen molar-refractivity contribution in [3.63, 3.8) is 0 Å². The number of hydrogen-bond donors (Lipinski definition) is 1. The summed E-state index contributed by atoms with van der Waals surface area (Å²) in [4.78, 5) is 35.9. The van der Waals surface area contributed by atoms with Gasteiger partial charge < -0.3 is 14.2 Å². The number of rotatable bonds is 3. The van der Waals surface area contributed by atoms with Gasteiger partial charge >= 0.3 is 5.97 Å². The van der Waals surface area contributed by atoms with Crippen molar-refractivity contribution in [3.8, 4) is 11.5 Å². The van der Waals surface area contributed by atoms with E-state index < -0.39 is 29.6 Å². The summed E-state index contributed by atoms with van der Waals surface area (Å²) < 4.78 is 15.6. The molecule has 0 radical (unpaired) electrons. The zero-order valence-corrected chi connectivity index (χ0v) is 12.0. The Morgan fingerprint density at radius 1 is 1.36 bits per heavy atom. The predicted molar refractivity (Wildman–Crippen MR) is 73.2 cm³/mol. The summed E-state index contributed by atoms with van der Waals surface area (Å²) in [6.07, 6.45) is 0.0196. The molecule has 1 saturated heterocycles. The molecule has 1 N–H and O–H groups in total. The lowest BCUT2D eigenvalue weighted by atomic mass is 9.79. The number of hydrogen-bond acceptors (Lipinski definition) is 6. The minimum absolute atomic E-state index is 0.0196. The number of esters is 1. The molecule has 1 aromatic carbocycles. The van der Waals surface area contributed by atoms with Crippen molar-refractivity contribution < 1.29 is 28.6 Å². The van der Waals surface area contributed by atoms with Gasteiger partial charge in [0, 0.05) is 18.4 Å². The molecule has 0 aliphatic carbocycles. The second-order valence-electron chi connectivity index (χ2n) is 5.06. The van der Waals surface area contributed by atoms with Gasteiger partial charge in [0.15, 0.2) is 0 Å². The Kier molecular flexibility index (Phi) is 3.70. The minimum atomic E-state index is -1.06. The Bertz CT molecular complexity index is 641. The molecule has 2 amide bonds. The summed E-state index contributed by atoms with van der Waals surface area (Å²) in [5.74, 6) is -2.20. The molecule has 7 heteroatoms. The van der Waals surface area contributed by atoms with Crippen molar-refractivity contribution in [1.82, 2.24) is 5.32 Å². The molecular formula is C15H15NO6. The maximum absolute atomic E-state index is 12.1. The van der Waals surface area contributed by atoms with Crippen molar-refractivity contribution >= 4 is 17.8 Å². The topological polar surface area (TPSA) is 90.9 Å². The van der Waals surface area contributed by atoms with Crippen LogP contribution in [0.15, 0.2) is 18.2 Å². The lowest BCUT2D eigenvalue weighted by Gasteiger charge is -2.30. The van der Waals surface area contributed by atoms with Crippen LogP contribution in [0.2, 0.25) is 0 Å². The number of imide groups is 1. The smallest absolute Gasteiger partial charge is 0.319 e. The normalized spacial score (nSPS) is 23.1. The molecule has 2 aliphatic heterocycles. The molecule has 0 aromatic heterocycles. The van der Waals surface area contributed by atoms with Gasteiger partial charge in [-0.05, 0) is 18.6 Å². The van der Waals surface area contributed by atoms with Crippen LogP contribution < -0.4 is 14.8 Å². The van der Waals surface area contributed by atoms with Gasteiger partial charge in [0.2, 0.25) is 18.6 Å². The van der Waals surface area contributed by atoms with Crippen LogP contribution in [-0.4, -0.2) is 31.2 Å². The number of nitrogens with one attached hydrogen (secondary N) is 1. The molecule has 2 unspecified atom stereocenters. The minimum Gasteiger partial charge on any atom is -0.465 e. The standard InChI is InChI=1S/C15H15NO6/c1-2-20-15(19)13-10(6-12(17)16-14(13)18)9-4-3-8-5-11(9)22-7-21-8/h3-5,10,13H,2,6-7H2,1H3,(H,16,17,18). The highest BCUT2D eigenvalue weighted by molar-refractivity contribution is 6.08. The molecular weight excluding hydrogens is 290 g/mol. The van der Waals surface area contributed by atoms with E-state index >= 15 is 0 Å². The molecule has 2 heterocycles. The van der Waals surface area contributed by atoms with Gasteiger partial charge in [-0.1, -0.05) is 6.07 Å². The third-order valence-corrected chi connectivity index (χ3v) is 3.72. The zero-order valence-electron chi connectivity index (χ0n) is 12.0. The van der Waals surface area contributed by atoms with E-state index in [9.17, 15) is 14.4 Å². The van der Waals surface area contributed by atoms with Crippen LogP contribution in [0.3, 0.4) is 0 Å². The highest BCUT2D eigenvalue weighted by Crippen LogP contribution is 2.40. The van der Waals surface area contributed by atoms with E-state index in [1.54, 1.807) is 25.1 Å². The van der Waals surface area contributed by atoms with Crippen molar-refractivity contribution in [1.29, 1.82) is 0 Å². The second kappa shape index (κ2) is 5.67. The van der Waals surface area contributed by atoms with E-state index in [4.69, 9.17) is 14.2 Å². The Balaban J connectivity index is 1.99. The van der Waals surface area contributed by atoms with Gasteiger partial charge in [-0.15, -0.1) is 0 Å². The van der Waals surface area contributed by atoms with E-state index in [1.807, 2.05) is 0 Å². The van der Waals surface area contributed by atoms with E-state index in [2.05, 4.69) is 5.32 Å². The Labute approximate surface area is 126 Å².